The number of aromatic nitrogens is 2. The van der Waals surface area contributed by atoms with Crippen molar-refractivity contribution in [3.8, 4) is 5.88 Å². The average Bonchev–Trinajstić information content (AvgIpc) is 2.72. The van der Waals surface area contributed by atoms with Crippen LogP contribution in [0, 0.1) is 0 Å². The van der Waals surface area contributed by atoms with Crippen LogP contribution in [-0.2, 0) is 13.2 Å². The monoisotopic (exact) mass is 218 g/mol. The maximum absolute atomic E-state index is 9.10. The molecule has 84 valence electrons. The van der Waals surface area contributed by atoms with Gasteiger partial charge >= 0.3 is 0 Å². The fourth-order valence-electron chi connectivity index (χ4n) is 1.58. The second-order valence-corrected chi connectivity index (χ2v) is 3.50. The summed E-state index contributed by atoms with van der Waals surface area (Å²) in [4.78, 5) is 0. The normalized spacial score (nSPS) is 10.4. The van der Waals surface area contributed by atoms with E-state index in [1.807, 2.05) is 30.3 Å². The molecule has 0 aliphatic carbocycles. The molecular weight excluding hydrogens is 204 g/mol. The minimum atomic E-state index is -0.0576. The van der Waals surface area contributed by atoms with Gasteiger partial charge in [-0.2, -0.15) is 0 Å². The molecule has 0 unspecified atom stereocenters. The molecule has 0 saturated heterocycles. The molecule has 0 saturated carbocycles. The highest BCUT2D eigenvalue weighted by Gasteiger charge is 2.07. The highest BCUT2D eigenvalue weighted by Crippen LogP contribution is 2.15. The number of aliphatic hydroxyl groups is 1. The molecule has 0 amide bonds. The molecule has 1 aromatic heterocycles. The van der Waals surface area contributed by atoms with Gasteiger partial charge in [0.15, 0.2) is 0 Å². The van der Waals surface area contributed by atoms with E-state index in [0.717, 1.165) is 5.56 Å². The molecule has 0 atom stereocenters. The molecule has 0 aliphatic heterocycles. The number of ether oxygens (including phenoxy) is 1. The second-order valence-electron chi connectivity index (χ2n) is 3.50. The lowest BCUT2D eigenvalue weighted by Gasteiger charge is -2.00. The van der Waals surface area contributed by atoms with Crippen LogP contribution in [0.25, 0.3) is 0 Å². The van der Waals surface area contributed by atoms with Crippen LogP contribution in [0.15, 0.2) is 36.5 Å². The van der Waals surface area contributed by atoms with Gasteiger partial charge in [0.25, 0.3) is 0 Å². The topological polar surface area (TPSA) is 47.3 Å². The summed E-state index contributed by atoms with van der Waals surface area (Å²) in [5.41, 5.74) is 1.87. The molecule has 0 radical (unpaired) electrons. The molecule has 16 heavy (non-hydrogen) atoms. The van der Waals surface area contributed by atoms with Gasteiger partial charge in [0.2, 0.25) is 5.88 Å². The molecule has 2 rings (SSSR count). The Morgan fingerprint density at radius 1 is 1.31 bits per heavy atom. The SMILES string of the molecule is COc1nn(Cc2ccccc2)cc1CO. The molecule has 1 N–H and O–H groups in total. The third kappa shape index (κ3) is 2.23. The van der Waals surface area contributed by atoms with Crippen molar-refractivity contribution >= 4 is 0 Å². The fourth-order valence-corrected chi connectivity index (χ4v) is 1.58. The summed E-state index contributed by atoms with van der Waals surface area (Å²) < 4.78 is 6.83. The highest BCUT2D eigenvalue weighted by molar-refractivity contribution is 5.23. The molecule has 0 aliphatic rings. The first-order valence-electron chi connectivity index (χ1n) is 5.08. The van der Waals surface area contributed by atoms with E-state index in [9.17, 15) is 0 Å². The van der Waals surface area contributed by atoms with Gasteiger partial charge in [-0.1, -0.05) is 30.3 Å². The summed E-state index contributed by atoms with van der Waals surface area (Å²) in [7, 11) is 1.55. The Morgan fingerprint density at radius 2 is 2.06 bits per heavy atom. The quantitative estimate of drug-likeness (QED) is 0.844. The van der Waals surface area contributed by atoms with Crippen molar-refractivity contribution < 1.29 is 9.84 Å². The lowest BCUT2D eigenvalue weighted by molar-refractivity contribution is 0.273. The van der Waals surface area contributed by atoms with Crippen molar-refractivity contribution in [3.05, 3.63) is 47.7 Å². The molecule has 4 nitrogen and oxygen atoms in total. The maximum Gasteiger partial charge on any atom is 0.238 e. The molecule has 0 spiro atoms. The van der Waals surface area contributed by atoms with E-state index in [0.29, 0.717) is 18.0 Å². The first-order chi connectivity index (χ1) is 7.83. The van der Waals surface area contributed by atoms with Crippen LogP contribution >= 0.6 is 0 Å². The van der Waals surface area contributed by atoms with E-state index < -0.39 is 0 Å². The first kappa shape index (κ1) is 10.7. The third-order valence-corrected chi connectivity index (χ3v) is 2.35. The lowest BCUT2D eigenvalue weighted by Crippen LogP contribution is -2.00. The Bertz CT molecular complexity index is 430. The van der Waals surface area contributed by atoms with Gasteiger partial charge < -0.3 is 9.84 Å². The number of nitrogens with zero attached hydrogens (tertiary/aromatic N) is 2. The number of benzene rings is 1. The Morgan fingerprint density at radius 3 is 2.62 bits per heavy atom. The van der Waals surface area contributed by atoms with Crippen LogP contribution in [-0.4, -0.2) is 22.0 Å². The van der Waals surface area contributed by atoms with Crippen molar-refractivity contribution in [2.75, 3.05) is 7.11 Å². The van der Waals surface area contributed by atoms with Gasteiger partial charge in [-0.05, 0) is 5.56 Å². The number of methoxy groups -OCH3 is 1. The van der Waals surface area contributed by atoms with E-state index in [4.69, 9.17) is 9.84 Å². The van der Waals surface area contributed by atoms with Gasteiger partial charge in [-0.3, -0.25) is 4.68 Å². The van der Waals surface area contributed by atoms with Crippen LogP contribution in [0.5, 0.6) is 5.88 Å². The maximum atomic E-state index is 9.10. The zero-order valence-corrected chi connectivity index (χ0v) is 9.13. The molecule has 1 aromatic carbocycles. The number of hydrogen-bond acceptors (Lipinski definition) is 3. The largest absolute Gasteiger partial charge is 0.480 e. The molecule has 1 heterocycles. The lowest BCUT2D eigenvalue weighted by atomic mass is 10.2. The van der Waals surface area contributed by atoms with Crippen molar-refractivity contribution in [2.45, 2.75) is 13.2 Å². The van der Waals surface area contributed by atoms with Gasteiger partial charge in [0, 0.05) is 6.20 Å². The molecule has 2 aromatic rings. The Kier molecular flexibility index (Phi) is 3.22. The molecular formula is C12H14N2O2. The predicted octanol–water partition coefficient (Wildman–Crippen LogP) is 1.43. The Hall–Kier alpha value is -1.81. The van der Waals surface area contributed by atoms with Crippen LogP contribution in [0.2, 0.25) is 0 Å². The first-order valence-corrected chi connectivity index (χ1v) is 5.08. The third-order valence-electron chi connectivity index (χ3n) is 2.35. The van der Waals surface area contributed by atoms with Gasteiger partial charge in [0.1, 0.15) is 0 Å². The second kappa shape index (κ2) is 4.81. The Labute approximate surface area is 94.1 Å². The highest BCUT2D eigenvalue weighted by atomic mass is 16.5. The predicted molar refractivity (Wildman–Crippen MR) is 60.2 cm³/mol. The summed E-state index contributed by atoms with van der Waals surface area (Å²) in [6.07, 6.45) is 1.80. The van der Waals surface area contributed by atoms with Gasteiger partial charge in [-0.25, -0.2) is 0 Å². The van der Waals surface area contributed by atoms with Crippen LogP contribution < -0.4 is 4.74 Å². The van der Waals surface area contributed by atoms with Crippen LogP contribution in [0.1, 0.15) is 11.1 Å². The van der Waals surface area contributed by atoms with Crippen LogP contribution in [0.3, 0.4) is 0 Å². The van der Waals surface area contributed by atoms with E-state index >= 15 is 0 Å². The van der Waals surface area contributed by atoms with Gasteiger partial charge in [0.05, 0.1) is 25.8 Å². The zero-order chi connectivity index (χ0) is 11.4. The van der Waals surface area contributed by atoms with Gasteiger partial charge in [-0.15, -0.1) is 5.10 Å². The number of aliphatic hydroxyl groups excluding tert-OH is 1. The van der Waals surface area contributed by atoms with E-state index in [-0.39, 0.29) is 6.61 Å². The Balaban J connectivity index is 2.19. The van der Waals surface area contributed by atoms with Crippen LogP contribution in [0.4, 0.5) is 0 Å². The summed E-state index contributed by atoms with van der Waals surface area (Å²) in [6.45, 7) is 0.620. The smallest absolute Gasteiger partial charge is 0.238 e. The fraction of sp³-hybridized carbons (Fsp3) is 0.250. The minimum absolute atomic E-state index is 0.0576. The summed E-state index contributed by atoms with van der Waals surface area (Å²) in [5, 5.41) is 13.3. The summed E-state index contributed by atoms with van der Waals surface area (Å²) in [5.74, 6) is 0.485. The summed E-state index contributed by atoms with van der Waals surface area (Å²) >= 11 is 0. The molecule has 0 fully saturated rings. The number of rotatable bonds is 4. The standard InChI is InChI=1S/C12H14N2O2/c1-16-12-11(9-15)8-14(13-12)7-10-5-3-2-4-6-10/h2-6,8,15H,7,9H2,1H3. The minimum Gasteiger partial charge on any atom is -0.480 e. The van der Waals surface area contributed by atoms with Crippen molar-refractivity contribution in [2.24, 2.45) is 0 Å². The van der Waals surface area contributed by atoms with E-state index in [2.05, 4.69) is 5.10 Å². The van der Waals surface area contributed by atoms with E-state index in [1.54, 1.807) is 18.0 Å². The van der Waals surface area contributed by atoms with Crippen molar-refractivity contribution in [3.63, 3.8) is 0 Å². The van der Waals surface area contributed by atoms with E-state index in [1.165, 1.54) is 0 Å². The average molecular weight is 218 g/mol. The van der Waals surface area contributed by atoms with Crippen molar-refractivity contribution in [1.82, 2.24) is 9.78 Å². The van der Waals surface area contributed by atoms with Crippen molar-refractivity contribution in [1.29, 1.82) is 0 Å². The zero-order valence-electron chi connectivity index (χ0n) is 9.13. The molecule has 0 bridgehead atoms. The summed E-state index contributed by atoms with van der Waals surface area (Å²) in [6, 6.07) is 10.0. The molecule has 4 heteroatoms. The number of hydrogen-bond donors (Lipinski definition) is 1.